The highest BCUT2D eigenvalue weighted by Gasteiger charge is 2.20. The molecule has 1 rings (SSSR count). The maximum absolute atomic E-state index is 11.2. The fraction of sp³-hybridized carbons (Fsp3) is 0.462. The van der Waals surface area contributed by atoms with Crippen molar-refractivity contribution in [1.82, 2.24) is 5.32 Å². The highest BCUT2D eigenvalue weighted by Crippen LogP contribution is 2.14. The SMILES string of the molecule is CCSCC(C)NC(C(=O)O)c1ccccc1. The molecule has 0 aliphatic heterocycles. The molecule has 2 atom stereocenters. The summed E-state index contributed by atoms with van der Waals surface area (Å²) in [7, 11) is 0. The molecule has 94 valence electrons. The van der Waals surface area contributed by atoms with Gasteiger partial charge in [-0.25, -0.2) is 0 Å². The molecule has 0 aliphatic rings. The molecule has 0 aliphatic carbocycles. The third-order valence-electron chi connectivity index (χ3n) is 2.40. The van der Waals surface area contributed by atoms with Crippen LogP contribution in [0.1, 0.15) is 25.5 Å². The predicted molar refractivity (Wildman–Crippen MR) is 72.4 cm³/mol. The zero-order valence-electron chi connectivity index (χ0n) is 10.2. The van der Waals surface area contributed by atoms with E-state index in [1.165, 1.54) is 0 Å². The molecular weight excluding hydrogens is 234 g/mol. The molecule has 0 saturated carbocycles. The largest absolute Gasteiger partial charge is 0.480 e. The quantitative estimate of drug-likeness (QED) is 0.784. The van der Waals surface area contributed by atoms with E-state index in [2.05, 4.69) is 12.2 Å². The minimum absolute atomic E-state index is 0.182. The van der Waals surface area contributed by atoms with Gasteiger partial charge in [-0.05, 0) is 18.2 Å². The number of nitrogens with one attached hydrogen (secondary N) is 1. The van der Waals surface area contributed by atoms with E-state index in [9.17, 15) is 9.90 Å². The van der Waals surface area contributed by atoms with Crippen LogP contribution in [0.15, 0.2) is 30.3 Å². The summed E-state index contributed by atoms with van der Waals surface area (Å²) in [5, 5.41) is 12.4. The van der Waals surface area contributed by atoms with Crippen molar-refractivity contribution >= 4 is 17.7 Å². The predicted octanol–water partition coefficient (Wildman–Crippen LogP) is 2.54. The Morgan fingerprint density at radius 3 is 2.59 bits per heavy atom. The lowest BCUT2D eigenvalue weighted by Gasteiger charge is -2.20. The normalized spacial score (nSPS) is 14.2. The molecule has 0 amide bonds. The Kier molecular flexibility index (Phi) is 6.08. The van der Waals surface area contributed by atoms with Crippen molar-refractivity contribution < 1.29 is 9.90 Å². The molecule has 1 aromatic rings. The fourth-order valence-electron chi connectivity index (χ4n) is 1.58. The van der Waals surface area contributed by atoms with Gasteiger partial charge in [0, 0.05) is 11.8 Å². The van der Waals surface area contributed by atoms with Gasteiger partial charge in [0.2, 0.25) is 0 Å². The number of hydrogen-bond donors (Lipinski definition) is 2. The van der Waals surface area contributed by atoms with Gasteiger partial charge in [0.15, 0.2) is 0 Å². The second-order valence-corrected chi connectivity index (χ2v) is 5.23. The zero-order chi connectivity index (χ0) is 12.7. The fourth-order valence-corrected chi connectivity index (χ4v) is 2.27. The number of benzene rings is 1. The monoisotopic (exact) mass is 253 g/mol. The van der Waals surface area contributed by atoms with E-state index >= 15 is 0 Å². The van der Waals surface area contributed by atoms with Crippen LogP contribution in [0.25, 0.3) is 0 Å². The first-order chi connectivity index (χ1) is 8.15. The van der Waals surface area contributed by atoms with Crippen molar-refractivity contribution in [2.45, 2.75) is 25.9 Å². The summed E-state index contributed by atoms with van der Waals surface area (Å²) < 4.78 is 0. The third-order valence-corrected chi connectivity index (χ3v) is 3.55. The maximum Gasteiger partial charge on any atom is 0.325 e. The summed E-state index contributed by atoms with van der Waals surface area (Å²) in [5.74, 6) is 1.15. The standard InChI is InChI=1S/C13H19NO2S/c1-3-17-9-10(2)14-12(13(15)16)11-7-5-4-6-8-11/h4-8,10,12,14H,3,9H2,1-2H3,(H,15,16). The molecule has 0 heterocycles. The first-order valence-electron chi connectivity index (χ1n) is 5.76. The van der Waals surface area contributed by atoms with Crippen molar-refractivity contribution in [3.05, 3.63) is 35.9 Å². The lowest BCUT2D eigenvalue weighted by Crippen LogP contribution is -2.36. The number of carboxylic acid groups (broad SMARTS) is 1. The summed E-state index contributed by atoms with van der Waals surface area (Å²) in [5.41, 5.74) is 0.799. The van der Waals surface area contributed by atoms with Crippen molar-refractivity contribution in [3.8, 4) is 0 Å². The average Bonchev–Trinajstić information content (AvgIpc) is 2.34. The first kappa shape index (κ1) is 14.1. The summed E-state index contributed by atoms with van der Waals surface area (Å²) in [6, 6.07) is 8.84. The van der Waals surface area contributed by atoms with E-state index in [-0.39, 0.29) is 6.04 Å². The van der Waals surface area contributed by atoms with Gasteiger partial charge in [-0.3, -0.25) is 10.1 Å². The minimum Gasteiger partial charge on any atom is -0.480 e. The van der Waals surface area contributed by atoms with Crippen LogP contribution in [0.5, 0.6) is 0 Å². The van der Waals surface area contributed by atoms with Crippen molar-refractivity contribution in [1.29, 1.82) is 0 Å². The van der Waals surface area contributed by atoms with Gasteiger partial charge in [0.25, 0.3) is 0 Å². The van der Waals surface area contributed by atoms with Gasteiger partial charge in [0.05, 0.1) is 0 Å². The van der Waals surface area contributed by atoms with Crippen LogP contribution in [0, 0.1) is 0 Å². The molecule has 0 saturated heterocycles. The van der Waals surface area contributed by atoms with E-state index in [4.69, 9.17) is 0 Å². The topological polar surface area (TPSA) is 49.3 Å². The Hall–Kier alpha value is -1.00. The number of aliphatic carboxylic acids is 1. The second-order valence-electron chi connectivity index (χ2n) is 3.91. The van der Waals surface area contributed by atoms with Crippen molar-refractivity contribution in [2.75, 3.05) is 11.5 Å². The van der Waals surface area contributed by atoms with Gasteiger partial charge < -0.3 is 5.11 Å². The van der Waals surface area contributed by atoms with Crippen LogP contribution in [0.4, 0.5) is 0 Å². The molecule has 0 fully saturated rings. The van der Waals surface area contributed by atoms with Crippen LogP contribution in [-0.2, 0) is 4.79 Å². The van der Waals surface area contributed by atoms with Crippen molar-refractivity contribution in [2.24, 2.45) is 0 Å². The van der Waals surface area contributed by atoms with Gasteiger partial charge in [-0.1, -0.05) is 37.3 Å². The lowest BCUT2D eigenvalue weighted by molar-refractivity contribution is -0.139. The van der Waals surface area contributed by atoms with Crippen molar-refractivity contribution in [3.63, 3.8) is 0 Å². The molecule has 2 unspecified atom stereocenters. The molecular formula is C13H19NO2S. The molecule has 3 nitrogen and oxygen atoms in total. The van der Waals surface area contributed by atoms with E-state index in [1.807, 2.05) is 49.0 Å². The Labute approximate surface area is 107 Å². The molecule has 0 radical (unpaired) electrons. The third kappa shape index (κ3) is 4.79. The molecule has 0 bridgehead atoms. The highest BCUT2D eigenvalue weighted by molar-refractivity contribution is 7.99. The number of rotatable bonds is 7. The number of carbonyl (C=O) groups is 1. The molecule has 0 aromatic heterocycles. The second kappa shape index (κ2) is 7.35. The summed E-state index contributed by atoms with van der Waals surface area (Å²) >= 11 is 1.81. The van der Waals surface area contributed by atoms with Gasteiger partial charge in [0.1, 0.15) is 6.04 Å². The minimum atomic E-state index is -0.829. The van der Waals surface area contributed by atoms with Crippen LogP contribution >= 0.6 is 11.8 Å². The Morgan fingerprint density at radius 1 is 1.41 bits per heavy atom. The van der Waals surface area contributed by atoms with Gasteiger partial charge in [-0.2, -0.15) is 11.8 Å². The number of carboxylic acids is 1. The van der Waals surface area contributed by atoms with Crippen LogP contribution in [-0.4, -0.2) is 28.6 Å². The number of thioether (sulfide) groups is 1. The molecule has 2 N–H and O–H groups in total. The maximum atomic E-state index is 11.2. The lowest BCUT2D eigenvalue weighted by atomic mass is 10.1. The molecule has 17 heavy (non-hydrogen) atoms. The highest BCUT2D eigenvalue weighted by atomic mass is 32.2. The number of hydrogen-bond acceptors (Lipinski definition) is 3. The van der Waals surface area contributed by atoms with Crippen LogP contribution < -0.4 is 5.32 Å². The average molecular weight is 253 g/mol. The smallest absolute Gasteiger partial charge is 0.325 e. The van der Waals surface area contributed by atoms with Gasteiger partial charge in [-0.15, -0.1) is 0 Å². The van der Waals surface area contributed by atoms with E-state index in [0.29, 0.717) is 0 Å². The Morgan fingerprint density at radius 2 is 2.06 bits per heavy atom. The molecule has 1 aromatic carbocycles. The van der Waals surface area contributed by atoms with Crippen LogP contribution in [0.2, 0.25) is 0 Å². The van der Waals surface area contributed by atoms with E-state index < -0.39 is 12.0 Å². The zero-order valence-corrected chi connectivity index (χ0v) is 11.0. The summed E-state index contributed by atoms with van der Waals surface area (Å²) in [4.78, 5) is 11.2. The van der Waals surface area contributed by atoms with E-state index in [0.717, 1.165) is 17.1 Å². The van der Waals surface area contributed by atoms with Gasteiger partial charge >= 0.3 is 5.97 Å². The molecule has 4 heteroatoms. The van der Waals surface area contributed by atoms with Crippen LogP contribution in [0.3, 0.4) is 0 Å². The summed E-state index contributed by atoms with van der Waals surface area (Å²) in [6.45, 7) is 4.12. The van der Waals surface area contributed by atoms with E-state index in [1.54, 1.807) is 0 Å². The summed E-state index contributed by atoms with van der Waals surface area (Å²) in [6.07, 6.45) is 0. The first-order valence-corrected chi connectivity index (χ1v) is 6.92. The Bertz CT molecular complexity index is 343. The molecule has 0 spiro atoms. The Balaban J connectivity index is 2.65.